The van der Waals surface area contributed by atoms with E-state index in [2.05, 4.69) is 0 Å². The van der Waals surface area contributed by atoms with Gasteiger partial charge in [-0.15, -0.1) is 0 Å². The van der Waals surface area contributed by atoms with E-state index in [1.807, 2.05) is 0 Å². The highest BCUT2D eigenvalue weighted by molar-refractivity contribution is 5.92. The number of hydrogen-bond donors (Lipinski definition) is 0. The summed E-state index contributed by atoms with van der Waals surface area (Å²) in [5.41, 5.74) is 0.554. The van der Waals surface area contributed by atoms with Gasteiger partial charge in [-0.25, -0.2) is 9.18 Å². The van der Waals surface area contributed by atoms with Crippen LogP contribution in [0.2, 0.25) is 0 Å². The van der Waals surface area contributed by atoms with Gasteiger partial charge in [-0.05, 0) is 31.2 Å². The van der Waals surface area contributed by atoms with E-state index >= 15 is 0 Å². The molecule has 2 rings (SSSR count). The molecular formula is C18H24FN3O4. The van der Waals surface area contributed by atoms with Gasteiger partial charge in [0.05, 0.1) is 6.61 Å². The van der Waals surface area contributed by atoms with Crippen LogP contribution in [0.15, 0.2) is 24.3 Å². The number of benzene rings is 1. The predicted octanol–water partition coefficient (Wildman–Crippen LogP) is 1.87. The maximum Gasteiger partial charge on any atom is 0.409 e. The molecule has 1 saturated heterocycles. The average molecular weight is 365 g/mol. The van der Waals surface area contributed by atoms with Crippen molar-refractivity contribution in [2.24, 2.45) is 0 Å². The fourth-order valence-corrected chi connectivity index (χ4v) is 2.81. The molecule has 0 saturated carbocycles. The van der Waals surface area contributed by atoms with Gasteiger partial charge in [0.2, 0.25) is 11.8 Å². The molecule has 1 aliphatic rings. The lowest BCUT2D eigenvalue weighted by Gasteiger charge is -2.34. The van der Waals surface area contributed by atoms with Crippen LogP contribution in [0.1, 0.15) is 20.3 Å². The molecule has 1 fully saturated rings. The highest BCUT2D eigenvalue weighted by atomic mass is 19.1. The second-order valence-electron chi connectivity index (χ2n) is 5.96. The summed E-state index contributed by atoms with van der Waals surface area (Å²) in [7, 11) is 0. The molecule has 0 unspecified atom stereocenters. The van der Waals surface area contributed by atoms with Crippen LogP contribution >= 0.6 is 0 Å². The van der Waals surface area contributed by atoms with E-state index in [1.54, 1.807) is 16.7 Å². The van der Waals surface area contributed by atoms with Gasteiger partial charge in [-0.3, -0.25) is 9.59 Å². The number of hydrogen-bond acceptors (Lipinski definition) is 4. The zero-order chi connectivity index (χ0) is 19.1. The number of rotatable bonds is 5. The van der Waals surface area contributed by atoms with Crippen molar-refractivity contribution >= 4 is 23.6 Å². The van der Waals surface area contributed by atoms with E-state index in [0.717, 1.165) is 0 Å². The Morgan fingerprint density at radius 3 is 2.19 bits per heavy atom. The Morgan fingerprint density at radius 2 is 1.65 bits per heavy atom. The van der Waals surface area contributed by atoms with Crippen LogP contribution in [-0.4, -0.2) is 67.0 Å². The van der Waals surface area contributed by atoms with Crippen molar-refractivity contribution in [3.63, 3.8) is 0 Å². The number of carbonyl (C=O) groups excluding carboxylic acids is 3. The first-order valence-electron chi connectivity index (χ1n) is 8.65. The van der Waals surface area contributed by atoms with Crippen molar-refractivity contribution in [2.75, 3.05) is 44.2 Å². The van der Waals surface area contributed by atoms with E-state index in [0.29, 0.717) is 38.5 Å². The quantitative estimate of drug-likeness (QED) is 0.799. The third-order valence-electron chi connectivity index (χ3n) is 4.23. The van der Waals surface area contributed by atoms with E-state index in [9.17, 15) is 18.8 Å². The van der Waals surface area contributed by atoms with Gasteiger partial charge in [-0.1, -0.05) is 0 Å². The van der Waals surface area contributed by atoms with Gasteiger partial charge in [-0.2, -0.15) is 0 Å². The zero-order valence-electron chi connectivity index (χ0n) is 15.1. The molecule has 0 spiro atoms. The van der Waals surface area contributed by atoms with Crippen LogP contribution in [0, 0.1) is 5.82 Å². The van der Waals surface area contributed by atoms with Crippen molar-refractivity contribution in [3.8, 4) is 0 Å². The first-order valence-corrected chi connectivity index (χ1v) is 8.65. The lowest BCUT2D eigenvalue weighted by atomic mass is 10.2. The minimum atomic E-state index is -0.382. The summed E-state index contributed by atoms with van der Waals surface area (Å²) < 4.78 is 18.0. The number of piperazine rings is 1. The molecule has 3 amide bonds. The molecule has 0 N–H and O–H groups in total. The largest absolute Gasteiger partial charge is 0.450 e. The monoisotopic (exact) mass is 365 g/mol. The van der Waals surface area contributed by atoms with Crippen molar-refractivity contribution in [1.29, 1.82) is 0 Å². The Morgan fingerprint density at radius 1 is 1.08 bits per heavy atom. The zero-order valence-corrected chi connectivity index (χ0v) is 15.1. The van der Waals surface area contributed by atoms with Gasteiger partial charge in [0.15, 0.2) is 0 Å². The number of carbonyl (C=O) groups is 3. The summed E-state index contributed by atoms with van der Waals surface area (Å²) in [6, 6.07) is 5.59. The maximum atomic E-state index is 13.0. The van der Waals surface area contributed by atoms with Crippen LogP contribution in [0.4, 0.5) is 14.9 Å². The number of ether oxygens (including phenoxy) is 1. The maximum absolute atomic E-state index is 13.0. The molecule has 0 aromatic heterocycles. The van der Waals surface area contributed by atoms with E-state index in [-0.39, 0.29) is 36.7 Å². The Kier molecular flexibility index (Phi) is 6.94. The molecule has 1 aromatic carbocycles. The average Bonchev–Trinajstić information content (AvgIpc) is 2.63. The second kappa shape index (κ2) is 9.17. The minimum Gasteiger partial charge on any atom is -0.450 e. The van der Waals surface area contributed by atoms with Crippen LogP contribution in [0.5, 0.6) is 0 Å². The highest BCUT2D eigenvalue weighted by Crippen LogP contribution is 2.16. The third-order valence-corrected chi connectivity index (χ3v) is 4.23. The fourth-order valence-electron chi connectivity index (χ4n) is 2.81. The molecule has 0 atom stereocenters. The Labute approximate surface area is 152 Å². The van der Waals surface area contributed by atoms with E-state index in [1.165, 1.54) is 36.1 Å². The summed E-state index contributed by atoms with van der Waals surface area (Å²) >= 11 is 0. The van der Waals surface area contributed by atoms with Crippen molar-refractivity contribution in [2.45, 2.75) is 20.3 Å². The molecule has 26 heavy (non-hydrogen) atoms. The number of nitrogens with zero attached hydrogens (tertiary/aromatic N) is 3. The fraction of sp³-hybridized carbons (Fsp3) is 0.500. The summed E-state index contributed by atoms with van der Waals surface area (Å²) in [5.74, 6) is -0.675. The Bertz CT molecular complexity index is 642. The smallest absolute Gasteiger partial charge is 0.409 e. The lowest BCUT2D eigenvalue weighted by molar-refractivity contribution is -0.132. The van der Waals surface area contributed by atoms with Gasteiger partial charge < -0.3 is 19.4 Å². The van der Waals surface area contributed by atoms with Crippen molar-refractivity contribution in [1.82, 2.24) is 9.80 Å². The summed E-state index contributed by atoms with van der Waals surface area (Å²) in [4.78, 5) is 40.6. The van der Waals surface area contributed by atoms with E-state index in [4.69, 9.17) is 4.74 Å². The van der Waals surface area contributed by atoms with Crippen molar-refractivity contribution < 1.29 is 23.5 Å². The van der Waals surface area contributed by atoms with Gasteiger partial charge in [0.1, 0.15) is 5.82 Å². The third kappa shape index (κ3) is 5.18. The van der Waals surface area contributed by atoms with Crippen LogP contribution in [-0.2, 0) is 14.3 Å². The van der Waals surface area contributed by atoms with Crippen LogP contribution in [0.3, 0.4) is 0 Å². The standard InChI is InChI=1S/C18H24FN3O4/c1-3-26-18(25)21-12-10-20(11-13-21)17(24)8-9-22(14(2)23)16-6-4-15(19)5-7-16/h4-7H,3,8-13H2,1-2H3. The number of anilines is 1. The number of halogens is 1. The molecule has 0 aliphatic carbocycles. The molecular weight excluding hydrogens is 341 g/mol. The summed E-state index contributed by atoms with van der Waals surface area (Å²) in [6.07, 6.45) is -0.199. The van der Waals surface area contributed by atoms with Crippen LogP contribution < -0.4 is 4.90 Å². The normalized spacial score (nSPS) is 14.1. The molecule has 1 aromatic rings. The lowest BCUT2D eigenvalue weighted by Crippen LogP contribution is -2.51. The molecule has 1 heterocycles. The van der Waals surface area contributed by atoms with Crippen molar-refractivity contribution in [3.05, 3.63) is 30.1 Å². The highest BCUT2D eigenvalue weighted by Gasteiger charge is 2.25. The minimum absolute atomic E-state index is 0.0816. The Balaban J connectivity index is 1.86. The molecule has 142 valence electrons. The van der Waals surface area contributed by atoms with Gasteiger partial charge in [0.25, 0.3) is 0 Å². The van der Waals surface area contributed by atoms with Gasteiger partial charge >= 0.3 is 6.09 Å². The first kappa shape index (κ1) is 19.7. The second-order valence-corrected chi connectivity index (χ2v) is 5.96. The predicted molar refractivity (Wildman–Crippen MR) is 94.2 cm³/mol. The molecule has 8 heteroatoms. The molecule has 7 nitrogen and oxygen atoms in total. The topological polar surface area (TPSA) is 70.2 Å². The summed E-state index contributed by atoms with van der Waals surface area (Å²) in [6.45, 7) is 5.44. The molecule has 1 aliphatic heterocycles. The summed E-state index contributed by atoms with van der Waals surface area (Å²) in [5, 5.41) is 0. The van der Waals surface area contributed by atoms with Crippen LogP contribution in [0.25, 0.3) is 0 Å². The van der Waals surface area contributed by atoms with Gasteiger partial charge in [0, 0.05) is 51.8 Å². The number of amides is 3. The molecule has 0 bridgehead atoms. The Hall–Kier alpha value is -2.64. The molecule has 0 radical (unpaired) electrons. The first-order chi connectivity index (χ1) is 12.4. The SMILES string of the molecule is CCOC(=O)N1CCN(C(=O)CCN(C(C)=O)c2ccc(F)cc2)CC1. The van der Waals surface area contributed by atoms with E-state index < -0.39 is 0 Å².